The lowest BCUT2D eigenvalue weighted by Gasteiger charge is -2.26. The Labute approximate surface area is 308 Å². The van der Waals surface area contributed by atoms with Gasteiger partial charge in [-0.05, 0) is 73.5 Å². The van der Waals surface area contributed by atoms with Gasteiger partial charge in [0.15, 0.2) is 16.3 Å². The molecule has 0 N–H and O–H groups in total. The number of fused-ring (bicyclic) bond motifs is 1. The molecular weight excluding hydrogens is 704 g/mol. The van der Waals surface area contributed by atoms with Crippen molar-refractivity contribution in [3.05, 3.63) is 149 Å². The first-order valence-electron chi connectivity index (χ1n) is 16.4. The van der Waals surface area contributed by atoms with Crippen LogP contribution in [0.5, 0.6) is 17.2 Å². The Morgan fingerprint density at radius 3 is 2.23 bits per heavy atom. The largest absolute Gasteiger partial charge is 0.493 e. The number of esters is 2. The zero-order chi connectivity index (χ0) is 36.8. The first-order valence-corrected chi connectivity index (χ1v) is 17.6. The van der Waals surface area contributed by atoms with Crippen LogP contribution >= 0.6 is 22.9 Å². The SMILES string of the molecule is CCOC(=O)C1=C(c2ccccc2)N=c2s/c(=C\c3cc(Cl)ccc3OCc3ccc(C(=O)OCC)cc3)c(=O)n2[C@H]1c1ccc(OC)c(OC)c1. The number of hydrogen-bond acceptors (Lipinski definition) is 10. The molecule has 0 saturated heterocycles. The minimum absolute atomic E-state index is 0.126. The Hall–Kier alpha value is -5.65. The number of aromatic nitrogens is 1. The number of ether oxygens (including phenoxy) is 5. The smallest absolute Gasteiger partial charge is 0.338 e. The van der Waals surface area contributed by atoms with Crippen molar-refractivity contribution < 1.29 is 33.3 Å². The fourth-order valence-electron chi connectivity index (χ4n) is 5.80. The molecule has 5 aromatic rings. The van der Waals surface area contributed by atoms with Gasteiger partial charge in [-0.2, -0.15) is 0 Å². The van der Waals surface area contributed by atoms with E-state index in [1.807, 2.05) is 30.3 Å². The topological polar surface area (TPSA) is 115 Å². The predicted molar refractivity (Wildman–Crippen MR) is 199 cm³/mol. The molecule has 0 aliphatic carbocycles. The Morgan fingerprint density at radius 2 is 1.54 bits per heavy atom. The minimum Gasteiger partial charge on any atom is -0.493 e. The van der Waals surface area contributed by atoms with Crippen molar-refractivity contribution in [2.24, 2.45) is 4.99 Å². The van der Waals surface area contributed by atoms with Crippen molar-refractivity contribution >= 4 is 46.6 Å². The number of carbonyl (C=O) groups is 2. The van der Waals surface area contributed by atoms with Gasteiger partial charge in [0.05, 0.1) is 54.8 Å². The van der Waals surface area contributed by atoms with Crippen LogP contribution in [0.15, 0.2) is 106 Å². The number of carbonyl (C=O) groups excluding carboxylic acids is 2. The van der Waals surface area contributed by atoms with Gasteiger partial charge in [0, 0.05) is 16.1 Å². The van der Waals surface area contributed by atoms with E-state index in [2.05, 4.69) is 0 Å². The summed E-state index contributed by atoms with van der Waals surface area (Å²) >= 11 is 7.62. The second-order valence-corrected chi connectivity index (χ2v) is 12.9. The van der Waals surface area contributed by atoms with Crippen molar-refractivity contribution in [1.29, 1.82) is 0 Å². The highest BCUT2D eigenvalue weighted by molar-refractivity contribution is 7.07. The third-order valence-corrected chi connectivity index (χ3v) is 9.43. The average molecular weight is 739 g/mol. The molecule has 266 valence electrons. The monoisotopic (exact) mass is 738 g/mol. The molecule has 0 fully saturated rings. The summed E-state index contributed by atoms with van der Waals surface area (Å²) in [5.74, 6) is 0.417. The summed E-state index contributed by atoms with van der Waals surface area (Å²) in [6.07, 6.45) is 1.71. The van der Waals surface area contributed by atoms with E-state index in [0.717, 1.165) is 5.56 Å². The van der Waals surface area contributed by atoms with Gasteiger partial charge in [0.2, 0.25) is 0 Å². The molecule has 0 saturated carbocycles. The van der Waals surface area contributed by atoms with E-state index in [4.69, 9.17) is 40.3 Å². The third kappa shape index (κ3) is 7.51. The van der Waals surface area contributed by atoms with Crippen LogP contribution in [0.2, 0.25) is 5.02 Å². The normalized spacial score (nSPS) is 13.9. The zero-order valence-corrected chi connectivity index (χ0v) is 30.5. The molecule has 1 aliphatic rings. The molecule has 1 aromatic heterocycles. The summed E-state index contributed by atoms with van der Waals surface area (Å²) in [5.41, 5.74) is 3.35. The summed E-state index contributed by atoms with van der Waals surface area (Å²) < 4.78 is 29.8. The zero-order valence-electron chi connectivity index (χ0n) is 28.9. The number of hydrogen-bond donors (Lipinski definition) is 0. The highest BCUT2D eigenvalue weighted by Crippen LogP contribution is 2.38. The Kier molecular flexibility index (Phi) is 11.2. The first kappa shape index (κ1) is 36.2. The number of rotatable bonds is 12. The fourth-order valence-corrected chi connectivity index (χ4v) is 6.97. The summed E-state index contributed by atoms with van der Waals surface area (Å²) in [5, 5.41) is 0.448. The summed E-state index contributed by atoms with van der Waals surface area (Å²) in [6.45, 7) is 4.09. The highest BCUT2D eigenvalue weighted by atomic mass is 35.5. The second-order valence-electron chi connectivity index (χ2n) is 11.4. The standard InChI is InChI=1S/C40H35ClN2O8S/c1-5-49-38(45)26-14-12-24(13-15-26)23-51-30-19-17-29(41)20-28(30)22-33-37(44)43-36(27-16-18-31(47-3)32(21-27)48-4)34(39(46)50-6-2)35(42-40(43)52-33)25-10-8-7-9-11-25/h7-22,36H,5-6,23H2,1-4H3/b33-22-/t36-/m0/s1. The predicted octanol–water partition coefficient (Wildman–Crippen LogP) is 6.36. The number of thiazole rings is 1. The van der Waals surface area contributed by atoms with Crippen LogP contribution in [0.4, 0.5) is 0 Å². The van der Waals surface area contributed by atoms with E-state index in [0.29, 0.717) is 66.2 Å². The fraction of sp³-hybridized carbons (Fsp3) is 0.200. The van der Waals surface area contributed by atoms with E-state index in [-0.39, 0.29) is 24.3 Å². The molecule has 0 bridgehead atoms. The van der Waals surface area contributed by atoms with Gasteiger partial charge in [0.25, 0.3) is 5.56 Å². The molecule has 0 radical (unpaired) electrons. The van der Waals surface area contributed by atoms with E-state index in [1.54, 1.807) is 80.6 Å². The molecule has 1 atom stereocenters. The Bertz CT molecular complexity index is 2330. The Balaban J connectivity index is 1.48. The lowest BCUT2D eigenvalue weighted by Crippen LogP contribution is -2.40. The maximum atomic E-state index is 14.5. The van der Waals surface area contributed by atoms with Gasteiger partial charge >= 0.3 is 11.9 Å². The molecule has 2 heterocycles. The highest BCUT2D eigenvalue weighted by Gasteiger charge is 2.35. The summed E-state index contributed by atoms with van der Waals surface area (Å²) in [7, 11) is 3.06. The van der Waals surface area contributed by atoms with Crippen LogP contribution in [-0.4, -0.2) is 43.9 Å². The number of methoxy groups -OCH3 is 2. The van der Waals surface area contributed by atoms with Crippen LogP contribution in [-0.2, 0) is 20.9 Å². The van der Waals surface area contributed by atoms with Gasteiger partial charge in [-0.3, -0.25) is 9.36 Å². The van der Waals surface area contributed by atoms with Gasteiger partial charge in [-0.15, -0.1) is 0 Å². The molecule has 52 heavy (non-hydrogen) atoms. The lowest BCUT2D eigenvalue weighted by molar-refractivity contribution is -0.138. The van der Waals surface area contributed by atoms with Gasteiger partial charge < -0.3 is 23.7 Å². The van der Waals surface area contributed by atoms with Crippen LogP contribution in [0.1, 0.15) is 52.5 Å². The van der Waals surface area contributed by atoms with Crippen molar-refractivity contribution in [3.8, 4) is 17.2 Å². The average Bonchev–Trinajstić information content (AvgIpc) is 3.47. The van der Waals surface area contributed by atoms with E-state index in [1.165, 1.54) is 30.1 Å². The molecule has 1 aliphatic heterocycles. The van der Waals surface area contributed by atoms with E-state index >= 15 is 0 Å². The quantitative estimate of drug-likeness (QED) is 0.136. The second kappa shape index (κ2) is 16.1. The molecule has 0 unspecified atom stereocenters. The van der Waals surface area contributed by atoms with Gasteiger partial charge in [-0.1, -0.05) is 71.5 Å². The van der Waals surface area contributed by atoms with Gasteiger partial charge in [-0.25, -0.2) is 14.6 Å². The van der Waals surface area contributed by atoms with Crippen molar-refractivity contribution in [2.75, 3.05) is 27.4 Å². The van der Waals surface area contributed by atoms with Crippen molar-refractivity contribution in [3.63, 3.8) is 0 Å². The molecule has 0 amide bonds. The van der Waals surface area contributed by atoms with E-state index in [9.17, 15) is 14.4 Å². The molecular formula is C40H35ClN2O8S. The Morgan fingerprint density at radius 1 is 0.846 bits per heavy atom. The van der Waals surface area contributed by atoms with Crippen LogP contribution in [0.3, 0.4) is 0 Å². The van der Waals surface area contributed by atoms with Crippen molar-refractivity contribution in [2.45, 2.75) is 26.5 Å². The molecule has 12 heteroatoms. The third-order valence-electron chi connectivity index (χ3n) is 8.21. The van der Waals surface area contributed by atoms with Gasteiger partial charge in [0.1, 0.15) is 12.4 Å². The lowest BCUT2D eigenvalue weighted by atomic mass is 9.93. The first-order chi connectivity index (χ1) is 25.3. The van der Waals surface area contributed by atoms with E-state index < -0.39 is 18.0 Å². The summed E-state index contributed by atoms with van der Waals surface area (Å²) in [4.78, 5) is 45.7. The number of benzene rings is 4. The molecule has 10 nitrogen and oxygen atoms in total. The minimum atomic E-state index is -0.917. The number of nitrogens with zero attached hydrogens (tertiary/aromatic N) is 2. The summed E-state index contributed by atoms with van der Waals surface area (Å²) in [6, 6.07) is 25.8. The van der Waals surface area contributed by atoms with Crippen LogP contribution in [0.25, 0.3) is 11.8 Å². The molecule has 6 rings (SSSR count). The van der Waals surface area contributed by atoms with Crippen LogP contribution in [0, 0.1) is 0 Å². The molecule has 4 aromatic carbocycles. The van der Waals surface area contributed by atoms with Crippen molar-refractivity contribution in [1.82, 2.24) is 4.57 Å². The maximum Gasteiger partial charge on any atom is 0.338 e. The molecule has 0 spiro atoms. The number of halogens is 1. The maximum absolute atomic E-state index is 14.5. The van der Waals surface area contributed by atoms with Crippen LogP contribution < -0.4 is 29.1 Å².